The van der Waals surface area contributed by atoms with Gasteiger partial charge in [0, 0.05) is 0 Å². The molecule has 0 saturated heterocycles. The van der Waals surface area contributed by atoms with Gasteiger partial charge in [-0.25, -0.2) is 4.79 Å². The molecule has 1 aromatic carbocycles. The van der Waals surface area contributed by atoms with Crippen molar-refractivity contribution in [3.8, 4) is 0 Å². The van der Waals surface area contributed by atoms with Crippen molar-refractivity contribution in [1.29, 1.82) is 0 Å². The number of allylic oxidation sites excluding steroid dienone is 1. The molecule has 0 unspecified atom stereocenters. The molecule has 0 aliphatic rings. The van der Waals surface area contributed by atoms with Crippen molar-refractivity contribution in [1.82, 2.24) is 0 Å². The summed E-state index contributed by atoms with van der Waals surface area (Å²) in [4.78, 5) is 21.9. The summed E-state index contributed by atoms with van der Waals surface area (Å²) < 4.78 is 4.84. The van der Waals surface area contributed by atoms with Crippen molar-refractivity contribution in [2.75, 3.05) is 6.61 Å². The number of carbonyl (C=O) groups is 2. The van der Waals surface area contributed by atoms with Gasteiger partial charge in [0.05, 0.1) is 12.2 Å². The smallest absolute Gasteiger partial charge is 0.338 e. The Labute approximate surface area is 88.4 Å². The molecule has 0 N–H and O–H groups in total. The molecule has 3 heteroatoms. The molecule has 0 atom stereocenters. The minimum absolute atomic E-state index is 0.285. The van der Waals surface area contributed by atoms with Crippen LogP contribution in [0.5, 0.6) is 0 Å². The van der Waals surface area contributed by atoms with Crippen molar-refractivity contribution in [3.63, 3.8) is 0 Å². The van der Waals surface area contributed by atoms with Gasteiger partial charge < -0.3 is 4.74 Å². The summed E-state index contributed by atoms with van der Waals surface area (Å²) in [5.41, 5.74) is 0.968. The normalized spacial score (nSPS) is 10.9. The molecular weight excluding hydrogens is 192 g/mol. The Balaban J connectivity index is 2.99. The van der Waals surface area contributed by atoms with Gasteiger partial charge in [-0.2, -0.15) is 0 Å². The van der Waals surface area contributed by atoms with E-state index in [4.69, 9.17) is 4.74 Å². The van der Waals surface area contributed by atoms with Crippen LogP contribution < -0.4 is 0 Å². The van der Waals surface area contributed by atoms with Crippen molar-refractivity contribution >= 4 is 17.8 Å². The van der Waals surface area contributed by atoms with E-state index in [0.717, 1.165) is 0 Å². The molecule has 15 heavy (non-hydrogen) atoms. The Morgan fingerprint density at radius 2 is 2.00 bits per heavy atom. The Morgan fingerprint density at radius 1 is 1.33 bits per heavy atom. The predicted molar refractivity (Wildman–Crippen MR) is 57.1 cm³/mol. The fourth-order valence-corrected chi connectivity index (χ4v) is 1.18. The third-order valence-electron chi connectivity index (χ3n) is 1.81. The first-order valence-corrected chi connectivity index (χ1v) is 4.67. The zero-order chi connectivity index (χ0) is 11.1. The van der Waals surface area contributed by atoms with Crippen LogP contribution in [0.25, 0.3) is 5.57 Å². The maximum atomic E-state index is 11.5. The Hall–Kier alpha value is -1.90. The van der Waals surface area contributed by atoms with Gasteiger partial charge in [-0.1, -0.05) is 30.3 Å². The molecule has 0 radical (unpaired) electrons. The van der Waals surface area contributed by atoms with Crippen LogP contribution in [0.3, 0.4) is 0 Å². The van der Waals surface area contributed by atoms with Crippen LogP contribution in [0.1, 0.15) is 12.5 Å². The van der Waals surface area contributed by atoms with Gasteiger partial charge in [0.15, 0.2) is 0 Å². The van der Waals surface area contributed by atoms with Crippen LogP contribution in [0.2, 0.25) is 0 Å². The lowest BCUT2D eigenvalue weighted by atomic mass is 10.1. The van der Waals surface area contributed by atoms with Crippen LogP contribution >= 0.6 is 0 Å². The van der Waals surface area contributed by atoms with E-state index >= 15 is 0 Å². The lowest BCUT2D eigenvalue weighted by Gasteiger charge is -2.05. The van der Waals surface area contributed by atoms with Crippen LogP contribution in [0.15, 0.2) is 36.4 Å². The van der Waals surface area contributed by atoms with E-state index in [1.807, 2.05) is 6.07 Å². The average Bonchev–Trinajstić information content (AvgIpc) is 2.27. The standard InChI is InChI=1S/C12H12O3/c1-2-15-12(14)11(8-9-13)10-6-4-3-5-7-10/h3-9H,2H2,1H3/b11-8-. The van der Waals surface area contributed by atoms with E-state index in [9.17, 15) is 9.59 Å². The van der Waals surface area contributed by atoms with Gasteiger partial charge in [0.2, 0.25) is 0 Å². The first kappa shape index (κ1) is 11.2. The summed E-state index contributed by atoms with van der Waals surface area (Å²) in [5.74, 6) is -0.476. The third kappa shape index (κ3) is 3.06. The SMILES string of the molecule is CCOC(=O)/C(=C\C=O)c1ccccc1. The number of ether oxygens (including phenoxy) is 1. The molecule has 0 spiro atoms. The lowest BCUT2D eigenvalue weighted by Crippen LogP contribution is -2.07. The summed E-state index contributed by atoms with van der Waals surface area (Å²) in [6.45, 7) is 2.02. The quantitative estimate of drug-likeness (QED) is 0.427. The zero-order valence-corrected chi connectivity index (χ0v) is 8.47. The molecule has 0 aliphatic carbocycles. The van der Waals surface area contributed by atoms with Crippen LogP contribution in [-0.4, -0.2) is 18.9 Å². The number of rotatable bonds is 4. The van der Waals surface area contributed by atoms with E-state index in [1.54, 1.807) is 31.2 Å². The highest BCUT2D eigenvalue weighted by Crippen LogP contribution is 2.14. The Kier molecular flexibility index (Phi) is 4.29. The number of hydrogen-bond acceptors (Lipinski definition) is 3. The summed E-state index contributed by atoms with van der Waals surface area (Å²) in [6.07, 6.45) is 1.80. The maximum absolute atomic E-state index is 11.5. The summed E-state index contributed by atoms with van der Waals surface area (Å²) >= 11 is 0. The van der Waals surface area contributed by atoms with E-state index in [2.05, 4.69) is 0 Å². The lowest BCUT2D eigenvalue weighted by molar-refractivity contribution is -0.136. The van der Waals surface area contributed by atoms with Crippen LogP contribution in [-0.2, 0) is 14.3 Å². The fourth-order valence-electron chi connectivity index (χ4n) is 1.18. The summed E-state index contributed by atoms with van der Waals surface area (Å²) in [7, 11) is 0. The molecule has 1 rings (SSSR count). The van der Waals surface area contributed by atoms with E-state index < -0.39 is 5.97 Å². The largest absolute Gasteiger partial charge is 0.462 e. The second-order valence-corrected chi connectivity index (χ2v) is 2.80. The van der Waals surface area contributed by atoms with Gasteiger partial charge in [-0.15, -0.1) is 0 Å². The molecule has 0 fully saturated rings. The minimum atomic E-state index is -0.476. The molecular formula is C12H12O3. The van der Waals surface area contributed by atoms with E-state index in [-0.39, 0.29) is 5.57 Å². The molecule has 0 saturated carbocycles. The molecule has 3 nitrogen and oxygen atoms in total. The molecule has 0 aromatic heterocycles. The topological polar surface area (TPSA) is 43.4 Å². The molecule has 0 amide bonds. The minimum Gasteiger partial charge on any atom is -0.462 e. The molecule has 0 heterocycles. The van der Waals surface area contributed by atoms with E-state index in [0.29, 0.717) is 18.5 Å². The highest BCUT2D eigenvalue weighted by Gasteiger charge is 2.11. The van der Waals surface area contributed by atoms with Crippen LogP contribution in [0, 0.1) is 0 Å². The monoisotopic (exact) mass is 204 g/mol. The van der Waals surface area contributed by atoms with Gasteiger partial charge in [0.1, 0.15) is 6.29 Å². The second kappa shape index (κ2) is 5.75. The van der Waals surface area contributed by atoms with Crippen molar-refractivity contribution in [2.24, 2.45) is 0 Å². The first-order chi connectivity index (χ1) is 7.29. The number of benzene rings is 1. The molecule has 0 bridgehead atoms. The highest BCUT2D eigenvalue weighted by atomic mass is 16.5. The van der Waals surface area contributed by atoms with Gasteiger partial charge in [0.25, 0.3) is 0 Å². The maximum Gasteiger partial charge on any atom is 0.338 e. The van der Waals surface area contributed by atoms with Crippen molar-refractivity contribution < 1.29 is 14.3 Å². The van der Waals surface area contributed by atoms with Gasteiger partial charge >= 0.3 is 5.97 Å². The number of esters is 1. The second-order valence-electron chi connectivity index (χ2n) is 2.80. The van der Waals surface area contributed by atoms with Gasteiger partial charge in [-0.3, -0.25) is 4.79 Å². The molecule has 1 aromatic rings. The Bertz CT molecular complexity index is 366. The van der Waals surface area contributed by atoms with Gasteiger partial charge in [-0.05, 0) is 18.6 Å². The Morgan fingerprint density at radius 3 is 2.53 bits per heavy atom. The first-order valence-electron chi connectivity index (χ1n) is 4.67. The molecule has 0 aliphatic heterocycles. The highest BCUT2D eigenvalue weighted by molar-refractivity contribution is 6.19. The van der Waals surface area contributed by atoms with Crippen molar-refractivity contribution in [2.45, 2.75) is 6.92 Å². The number of hydrogen-bond donors (Lipinski definition) is 0. The summed E-state index contributed by atoms with van der Waals surface area (Å²) in [5, 5.41) is 0. The fraction of sp³-hybridized carbons (Fsp3) is 0.167. The zero-order valence-electron chi connectivity index (χ0n) is 8.47. The summed E-state index contributed by atoms with van der Waals surface area (Å²) in [6, 6.07) is 8.95. The van der Waals surface area contributed by atoms with Crippen LogP contribution in [0.4, 0.5) is 0 Å². The predicted octanol–water partition coefficient (Wildman–Crippen LogP) is 1.83. The molecule has 78 valence electrons. The van der Waals surface area contributed by atoms with E-state index in [1.165, 1.54) is 6.08 Å². The van der Waals surface area contributed by atoms with Crippen molar-refractivity contribution in [3.05, 3.63) is 42.0 Å². The third-order valence-corrected chi connectivity index (χ3v) is 1.81. The number of carbonyl (C=O) groups excluding carboxylic acids is 2. The average molecular weight is 204 g/mol. The number of aldehydes is 1.